The number of anilines is 1. The number of aryl methyl sites for hydroxylation is 1. The summed E-state index contributed by atoms with van der Waals surface area (Å²) in [4.78, 5) is 16.7. The third-order valence-corrected chi connectivity index (χ3v) is 5.57. The predicted molar refractivity (Wildman–Crippen MR) is 106 cm³/mol. The number of hydrogen-bond donors (Lipinski definition) is 1. The first-order valence-corrected chi connectivity index (χ1v) is 9.93. The number of amides is 1. The van der Waals surface area contributed by atoms with Gasteiger partial charge in [-0.25, -0.2) is 9.37 Å². The van der Waals surface area contributed by atoms with E-state index in [2.05, 4.69) is 27.1 Å². The Kier molecular flexibility index (Phi) is 6.02. The van der Waals surface area contributed by atoms with Gasteiger partial charge in [-0.05, 0) is 26.0 Å². The Balaban J connectivity index is 1.79. The van der Waals surface area contributed by atoms with Crippen molar-refractivity contribution in [2.45, 2.75) is 30.8 Å². The molecular weight excluding hydrogens is 385 g/mol. The average molecular weight is 404 g/mol. The normalized spacial score (nSPS) is 12.0. The number of nitrogens with zero attached hydrogens (tertiary/aromatic N) is 4. The van der Waals surface area contributed by atoms with Gasteiger partial charge in [0.1, 0.15) is 5.82 Å². The van der Waals surface area contributed by atoms with Crippen LogP contribution >= 0.6 is 23.1 Å². The van der Waals surface area contributed by atoms with Crippen LogP contribution in [0.2, 0.25) is 0 Å². The standard InChI is InChI=1S/C18H18FN5OS2/c1-4-8-24-15(13-6-5-7-14(19)9-13)22-23-18(24)27-12(3)16(25)21-17-20-11(2)10-26-17/h4-7,9-10,12H,1,8H2,2-3H3,(H,20,21,25)/t12-/m1/s1. The highest BCUT2D eigenvalue weighted by atomic mass is 32.2. The molecule has 0 aliphatic carbocycles. The maximum Gasteiger partial charge on any atom is 0.239 e. The number of rotatable bonds is 7. The van der Waals surface area contributed by atoms with E-state index in [0.29, 0.717) is 28.2 Å². The quantitative estimate of drug-likeness (QED) is 0.474. The van der Waals surface area contributed by atoms with Crippen molar-refractivity contribution in [1.29, 1.82) is 0 Å². The van der Waals surface area contributed by atoms with Crippen molar-refractivity contribution in [3.8, 4) is 11.4 Å². The van der Waals surface area contributed by atoms with Crippen molar-refractivity contribution in [3.05, 3.63) is 53.8 Å². The Labute approximate surface area is 164 Å². The summed E-state index contributed by atoms with van der Waals surface area (Å²) in [6, 6.07) is 6.16. The van der Waals surface area contributed by atoms with Crippen LogP contribution in [0, 0.1) is 12.7 Å². The molecule has 1 aromatic carbocycles. The van der Waals surface area contributed by atoms with Crippen molar-refractivity contribution in [2.75, 3.05) is 5.32 Å². The number of hydrogen-bond acceptors (Lipinski definition) is 6. The maximum atomic E-state index is 13.6. The molecule has 1 N–H and O–H groups in total. The molecule has 0 spiro atoms. The molecule has 1 amide bonds. The van der Waals surface area contributed by atoms with Gasteiger partial charge in [0, 0.05) is 17.5 Å². The van der Waals surface area contributed by atoms with Gasteiger partial charge in [0.05, 0.1) is 10.9 Å². The number of aromatic nitrogens is 4. The number of carbonyl (C=O) groups excluding carboxylic acids is 1. The second kappa shape index (κ2) is 8.45. The molecule has 0 aliphatic heterocycles. The van der Waals surface area contributed by atoms with Gasteiger partial charge in [-0.15, -0.1) is 28.1 Å². The van der Waals surface area contributed by atoms with Crippen LogP contribution in [0.5, 0.6) is 0 Å². The number of benzene rings is 1. The first-order chi connectivity index (χ1) is 13.0. The first kappa shape index (κ1) is 19.2. The van der Waals surface area contributed by atoms with Crippen LogP contribution in [0.4, 0.5) is 9.52 Å². The van der Waals surface area contributed by atoms with Crippen molar-refractivity contribution >= 4 is 34.1 Å². The Morgan fingerprint density at radius 1 is 1.48 bits per heavy atom. The van der Waals surface area contributed by atoms with E-state index in [9.17, 15) is 9.18 Å². The second-order valence-electron chi connectivity index (χ2n) is 5.76. The van der Waals surface area contributed by atoms with E-state index in [0.717, 1.165) is 5.69 Å². The highest BCUT2D eigenvalue weighted by molar-refractivity contribution is 8.00. The van der Waals surface area contributed by atoms with Crippen LogP contribution in [0.1, 0.15) is 12.6 Å². The monoisotopic (exact) mass is 403 g/mol. The summed E-state index contributed by atoms with van der Waals surface area (Å²) >= 11 is 2.66. The Bertz CT molecular complexity index is 968. The molecule has 27 heavy (non-hydrogen) atoms. The van der Waals surface area contributed by atoms with Crippen molar-refractivity contribution < 1.29 is 9.18 Å². The zero-order valence-corrected chi connectivity index (χ0v) is 16.5. The molecule has 0 saturated heterocycles. The smallest absolute Gasteiger partial charge is 0.239 e. The number of thioether (sulfide) groups is 1. The molecule has 0 saturated carbocycles. The Hall–Kier alpha value is -2.52. The third-order valence-electron chi connectivity index (χ3n) is 3.61. The third kappa shape index (κ3) is 4.61. The molecule has 2 aromatic heterocycles. The van der Waals surface area contributed by atoms with E-state index in [-0.39, 0.29) is 11.7 Å². The fraction of sp³-hybridized carbons (Fsp3) is 0.222. The summed E-state index contributed by atoms with van der Waals surface area (Å²) in [5.74, 6) is 0.0104. The van der Waals surface area contributed by atoms with Gasteiger partial charge in [-0.3, -0.25) is 9.36 Å². The van der Waals surface area contributed by atoms with Gasteiger partial charge in [-0.2, -0.15) is 0 Å². The van der Waals surface area contributed by atoms with E-state index < -0.39 is 5.25 Å². The topological polar surface area (TPSA) is 72.7 Å². The lowest BCUT2D eigenvalue weighted by atomic mass is 10.2. The predicted octanol–water partition coefficient (Wildman–Crippen LogP) is 4.15. The Morgan fingerprint density at radius 3 is 2.96 bits per heavy atom. The summed E-state index contributed by atoms with van der Waals surface area (Å²) < 4.78 is 15.4. The molecular formula is C18H18FN5OS2. The number of halogens is 1. The molecule has 1 atom stereocenters. The van der Waals surface area contributed by atoms with Gasteiger partial charge in [0.25, 0.3) is 0 Å². The Morgan fingerprint density at radius 2 is 2.30 bits per heavy atom. The molecule has 2 heterocycles. The molecule has 140 valence electrons. The van der Waals surface area contributed by atoms with E-state index in [4.69, 9.17) is 0 Å². The van der Waals surface area contributed by atoms with E-state index in [1.165, 1.54) is 35.2 Å². The van der Waals surface area contributed by atoms with Crippen LogP contribution in [-0.2, 0) is 11.3 Å². The van der Waals surface area contributed by atoms with Crippen molar-refractivity contribution in [1.82, 2.24) is 19.7 Å². The van der Waals surface area contributed by atoms with Gasteiger partial charge in [0.15, 0.2) is 16.1 Å². The molecule has 0 unspecified atom stereocenters. The lowest BCUT2D eigenvalue weighted by molar-refractivity contribution is -0.115. The number of nitrogens with one attached hydrogen (secondary N) is 1. The van der Waals surface area contributed by atoms with E-state index >= 15 is 0 Å². The van der Waals surface area contributed by atoms with Gasteiger partial charge in [0.2, 0.25) is 5.91 Å². The summed E-state index contributed by atoms with van der Waals surface area (Å²) in [6.07, 6.45) is 1.71. The minimum absolute atomic E-state index is 0.171. The lowest BCUT2D eigenvalue weighted by Gasteiger charge is -2.12. The van der Waals surface area contributed by atoms with E-state index in [1.807, 2.05) is 16.9 Å². The molecule has 3 aromatic rings. The number of carbonyl (C=O) groups is 1. The molecule has 3 rings (SSSR count). The van der Waals surface area contributed by atoms with Crippen LogP contribution in [0.15, 0.2) is 47.5 Å². The molecule has 0 fully saturated rings. The zero-order chi connectivity index (χ0) is 19.4. The van der Waals surface area contributed by atoms with Gasteiger partial charge in [-0.1, -0.05) is 30.0 Å². The van der Waals surface area contributed by atoms with Crippen LogP contribution in [0.25, 0.3) is 11.4 Å². The summed E-state index contributed by atoms with van der Waals surface area (Å²) in [6.45, 7) is 7.86. The fourth-order valence-corrected chi connectivity index (χ4v) is 3.89. The van der Waals surface area contributed by atoms with Gasteiger partial charge < -0.3 is 5.32 Å². The average Bonchev–Trinajstić information content (AvgIpc) is 3.22. The summed E-state index contributed by atoms with van der Waals surface area (Å²) in [5.41, 5.74) is 1.48. The molecule has 9 heteroatoms. The number of allylic oxidation sites excluding steroid dienone is 1. The lowest BCUT2D eigenvalue weighted by Crippen LogP contribution is -2.22. The molecule has 0 bridgehead atoms. The summed E-state index contributed by atoms with van der Waals surface area (Å²) in [7, 11) is 0. The van der Waals surface area contributed by atoms with Gasteiger partial charge >= 0.3 is 0 Å². The molecule has 0 radical (unpaired) electrons. The first-order valence-electron chi connectivity index (χ1n) is 8.17. The minimum atomic E-state index is -0.415. The highest BCUT2D eigenvalue weighted by Crippen LogP contribution is 2.28. The van der Waals surface area contributed by atoms with Crippen LogP contribution < -0.4 is 5.32 Å². The molecule has 0 aliphatic rings. The van der Waals surface area contributed by atoms with Crippen LogP contribution in [-0.4, -0.2) is 30.9 Å². The second-order valence-corrected chi connectivity index (χ2v) is 7.93. The minimum Gasteiger partial charge on any atom is -0.301 e. The fourth-order valence-electron chi connectivity index (χ4n) is 2.34. The number of thiazole rings is 1. The highest BCUT2D eigenvalue weighted by Gasteiger charge is 2.21. The zero-order valence-electron chi connectivity index (χ0n) is 14.8. The molecule has 6 nitrogen and oxygen atoms in total. The maximum absolute atomic E-state index is 13.6. The summed E-state index contributed by atoms with van der Waals surface area (Å²) in [5, 5.41) is 13.8. The van der Waals surface area contributed by atoms with Crippen molar-refractivity contribution in [2.24, 2.45) is 0 Å². The largest absolute Gasteiger partial charge is 0.301 e. The SMILES string of the molecule is C=CCn1c(S[C@H](C)C(=O)Nc2nc(C)cs2)nnc1-c1cccc(F)c1. The van der Waals surface area contributed by atoms with E-state index in [1.54, 1.807) is 25.1 Å². The van der Waals surface area contributed by atoms with Crippen molar-refractivity contribution in [3.63, 3.8) is 0 Å². The van der Waals surface area contributed by atoms with Crippen LogP contribution in [0.3, 0.4) is 0 Å².